The quantitative estimate of drug-likeness (QED) is 0.697. The lowest BCUT2D eigenvalue weighted by molar-refractivity contribution is -0.132. The molecule has 3 heteroatoms. The molecule has 1 heterocycles. The third kappa shape index (κ3) is 4.78. The number of unbranched alkanes of at least 4 members (excludes halogenated alkanes) is 1. The van der Waals surface area contributed by atoms with Crippen LogP contribution in [0.4, 0.5) is 0 Å². The van der Waals surface area contributed by atoms with Crippen molar-refractivity contribution in [2.24, 2.45) is 5.92 Å². The van der Waals surface area contributed by atoms with Crippen molar-refractivity contribution >= 4 is 12.0 Å². The van der Waals surface area contributed by atoms with Crippen LogP contribution in [0.25, 0.3) is 6.08 Å². The molecule has 1 N–H and O–H groups in total. The fourth-order valence-electron chi connectivity index (χ4n) is 2.01. The number of aliphatic carboxylic acids is 1. The zero-order valence-electron chi connectivity index (χ0n) is 11.2. The molecule has 0 radical (unpaired) electrons. The molecule has 100 valence electrons. The Morgan fingerprint density at radius 3 is 2.78 bits per heavy atom. The van der Waals surface area contributed by atoms with Gasteiger partial charge < -0.3 is 9.52 Å². The number of hydrogen-bond donors (Lipinski definition) is 1. The molecule has 0 saturated carbocycles. The summed E-state index contributed by atoms with van der Waals surface area (Å²) >= 11 is 0. The van der Waals surface area contributed by atoms with Gasteiger partial charge in [0.05, 0.1) is 6.26 Å². The van der Waals surface area contributed by atoms with Crippen molar-refractivity contribution in [3.05, 3.63) is 29.7 Å². The Morgan fingerprint density at radius 2 is 2.28 bits per heavy atom. The first-order valence-electron chi connectivity index (χ1n) is 6.64. The summed E-state index contributed by atoms with van der Waals surface area (Å²) in [4.78, 5) is 11.2. The van der Waals surface area contributed by atoms with Gasteiger partial charge in [-0.05, 0) is 30.5 Å². The lowest BCUT2D eigenvalue weighted by Gasteiger charge is -2.14. The molecule has 1 aromatic heterocycles. The van der Waals surface area contributed by atoms with Crippen molar-refractivity contribution < 1.29 is 14.3 Å². The Morgan fingerprint density at radius 1 is 1.50 bits per heavy atom. The van der Waals surface area contributed by atoms with Crippen molar-refractivity contribution in [3.63, 3.8) is 0 Å². The highest BCUT2D eigenvalue weighted by Crippen LogP contribution is 2.23. The Balaban J connectivity index is 2.70. The van der Waals surface area contributed by atoms with Gasteiger partial charge in [-0.25, -0.2) is 4.79 Å². The fraction of sp³-hybridized carbons (Fsp3) is 0.533. The molecular weight excluding hydrogens is 228 g/mol. The molecule has 0 spiro atoms. The van der Waals surface area contributed by atoms with Crippen molar-refractivity contribution in [2.45, 2.75) is 46.0 Å². The van der Waals surface area contributed by atoms with E-state index in [0.29, 0.717) is 23.7 Å². The van der Waals surface area contributed by atoms with Gasteiger partial charge in [0.25, 0.3) is 0 Å². The molecule has 0 aromatic carbocycles. The minimum atomic E-state index is -0.846. The van der Waals surface area contributed by atoms with Crippen LogP contribution in [0.1, 0.15) is 51.7 Å². The van der Waals surface area contributed by atoms with Crippen LogP contribution >= 0.6 is 0 Å². The number of rotatable bonds is 8. The highest BCUT2D eigenvalue weighted by molar-refractivity contribution is 5.91. The summed E-state index contributed by atoms with van der Waals surface area (Å²) in [6, 6.07) is 3.54. The lowest BCUT2D eigenvalue weighted by Crippen LogP contribution is -2.07. The van der Waals surface area contributed by atoms with Gasteiger partial charge in [-0.3, -0.25) is 0 Å². The molecule has 0 aliphatic carbocycles. The van der Waals surface area contributed by atoms with E-state index >= 15 is 0 Å². The average molecular weight is 250 g/mol. The first-order valence-corrected chi connectivity index (χ1v) is 6.64. The van der Waals surface area contributed by atoms with Crippen LogP contribution in [-0.2, 0) is 4.79 Å². The summed E-state index contributed by atoms with van der Waals surface area (Å²) < 4.78 is 5.17. The minimum Gasteiger partial charge on any atom is -0.478 e. The molecular formula is C15H22O3. The van der Waals surface area contributed by atoms with Crippen molar-refractivity contribution in [3.8, 4) is 0 Å². The van der Waals surface area contributed by atoms with Gasteiger partial charge in [0.15, 0.2) is 0 Å². The Hall–Kier alpha value is -1.51. The van der Waals surface area contributed by atoms with Crippen LogP contribution in [0.5, 0.6) is 0 Å². The Kier molecular flexibility index (Phi) is 6.26. The second kappa shape index (κ2) is 7.75. The summed E-state index contributed by atoms with van der Waals surface area (Å²) in [6.45, 7) is 4.27. The number of carboxylic acids is 1. The van der Waals surface area contributed by atoms with Crippen molar-refractivity contribution in [1.29, 1.82) is 0 Å². The van der Waals surface area contributed by atoms with Gasteiger partial charge >= 0.3 is 5.97 Å². The van der Waals surface area contributed by atoms with Crippen LogP contribution < -0.4 is 0 Å². The van der Waals surface area contributed by atoms with E-state index in [4.69, 9.17) is 4.42 Å². The molecule has 1 unspecified atom stereocenters. The van der Waals surface area contributed by atoms with E-state index in [1.54, 1.807) is 24.5 Å². The first kappa shape index (κ1) is 14.6. The monoisotopic (exact) mass is 250 g/mol. The number of carbonyl (C=O) groups is 1. The molecule has 0 amide bonds. The third-order valence-corrected chi connectivity index (χ3v) is 3.19. The van der Waals surface area contributed by atoms with E-state index in [0.717, 1.165) is 25.7 Å². The highest BCUT2D eigenvalue weighted by atomic mass is 16.4. The van der Waals surface area contributed by atoms with Crippen LogP contribution in [0.2, 0.25) is 0 Å². The molecule has 1 rings (SSSR count). The largest absolute Gasteiger partial charge is 0.478 e. The highest BCUT2D eigenvalue weighted by Gasteiger charge is 2.14. The maximum Gasteiger partial charge on any atom is 0.331 e. The van der Waals surface area contributed by atoms with E-state index in [2.05, 4.69) is 13.8 Å². The summed E-state index contributed by atoms with van der Waals surface area (Å²) in [5.74, 6) is 0.210. The maximum absolute atomic E-state index is 11.2. The zero-order valence-corrected chi connectivity index (χ0v) is 11.2. The number of hydrogen-bond acceptors (Lipinski definition) is 2. The molecule has 0 aliphatic rings. The SMILES string of the molecule is CCCCC(CC)CC(=Cc1ccco1)C(=O)O. The minimum absolute atomic E-state index is 0.438. The predicted molar refractivity (Wildman–Crippen MR) is 72.2 cm³/mol. The summed E-state index contributed by atoms with van der Waals surface area (Å²) in [7, 11) is 0. The zero-order chi connectivity index (χ0) is 13.4. The summed E-state index contributed by atoms with van der Waals surface area (Å²) in [5.41, 5.74) is 0.438. The van der Waals surface area contributed by atoms with Crippen LogP contribution in [0, 0.1) is 5.92 Å². The van der Waals surface area contributed by atoms with E-state index in [9.17, 15) is 9.90 Å². The van der Waals surface area contributed by atoms with Crippen LogP contribution in [0.15, 0.2) is 28.4 Å². The number of furan rings is 1. The van der Waals surface area contributed by atoms with Gasteiger partial charge in [-0.1, -0.05) is 39.5 Å². The third-order valence-electron chi connectivity index (χ3n) is 3.19. The maximum atomic E-state index is 11.2. The van der Waals surface area contributed by atoms with Gasteiger partial charge in [0.1, 0.15) is 5.76 Å². The van der Waals surface area contributed by atoms with Gasteiger partial charge in [-0.2, -0.15) is 0 Å². The van der Waals surface area contributed by atoms with Crippen molar-refractivity contribution in [1.82, 2.24) is 0 Å². The second-order valence-electron chi connectivity index (χ2n) is 4.61. The summed E-state index contributed by atoms with van der Waals surface area (Å²) in [5, 5.41) is 9.23. The molecule has 18 heavy (non-hydrogen) atoms. The molecule has 1 atom stereocenters. The predicted octanol–water partition coefficient (Wildman–Crippen LogP) is 4.35. The smallest absolute Gasteiger partial charge is 0.331 e. The van der Waals surface area contributed by atoms with E-state index < -0.39 is 5.97 Å². The first-order chi connectivity index (χ1) is 8.67. The van der Waals surface area contributed by atoms with Gasteiger partial charge in [-0.15, -0.1) is 0 Å². The van der Waals surface area contributed by atoms with Gasteiger partial charge in [0.2, 0.25) is 0 Å². The lowest BCUT2D eigenvalue weighted by atomic mass is 9.91. The fourth-order valence-corrected chi connectivity index (χ4v) is 2.01. The van der Waals surface area contributed by atoms with Crippen LogP contribution in [0.3, 0.4) is 0 Å². The Labute approximate surface area is 109 Å². The molecule has 0 saturated heterocycles. The van der Waals surface area contributed by atoms with Gasteiger partial charge in [0, 0.05) is 5.57 Å². The van der Waals surface area contributed by atoms with E-state index in [-0.39, 0.29) is 0 Å². The van der Waals surface area contributed by atoms with Crippen molar-refractivity contribution in [2.75, 3.05) is 0 Å². The molecule has 0 fully saturated rings. The Bertz CT molecular complexity index is 376. The topological polar surface area (TPSA) is 50.4 Å². The van der Waals surface area contributed by atoms with Crippen LogP contribution in [-0.4, -0.2) is 11.1 Å². The number of carboxylic acid groups (broad SMARTS) is 1. The molecule has 0 bridgehead atoms. The normalized spacial score (nSPS) is 13.6. The second-order valence-corrected chi connectivity index (χ2v) is 4.61. The molecule has 0 aliphatic heterocycles. The standard InChI is InChI=1S/C15H22O3/c1-3-5-7-12(4-2)10-13(15(16)17)11-14-8-6-9-18-14/h6,8-9,11-12H,3-5,7,10H2,1-2H3,(H,16,17). The van der Waals surface area contributed by atoms with E-state index in [1.165, 1.54) is 0 Å². The summed E-state index contributed by atoms with van der Waals surface area (Å²) in [6.07, 6.45) is 8.23. The average Bonchev–Trinajstić information content (AvgIpc) is 2.85. The van der Waals surface area contributed by atoms with E-state index in [1.807, 2.05) is 0 Å². The molecule has 3 nitrogen and oxygen atoms in total. The molecule has 1 aromatic rings.